The Bertz CT molecular complexity index is 1100. The van der Waals surface area contributed by atoms with E-state index in [2.05, 4.69) is 10.0 Å². The fourth-order valence-corrected chi connectivity index (χ4v) is 6.44. The van der Waals surface area contributed by atoms with Gasteiger partial charge in [0.05, 0.1) is 16.4 Å². The number of anilines is 1. The molecule has 2 N–H and O–H groups in total. The van der Waals surface area contributed by atoms with Crippen LogP contribution < -0.4 is 10.0 Å². The standard InChI is InChI=1S/C27H34N2O4S/c30-26(28-19-24-7-4-18-33-24)27(16-17-27)22-10-12-23(13-11-22)29-34(31,32)25-14-8-21(9-15-25)20-5-2-1-3-6-20/h8-15,20,24,29H,1-7,16-19H2,(H,28,30)/t24-/m1/s1. The minimum Gasteiger partial charge on any atom is -0.376 e. The van der Waals surface area contributed by atoms with Crippen LogP contribution in [-0.2, 0) is 25.0 Å². The molecule has 0 bridgehead atoms. The van der Waals surface area contributed by atoms with E-state index < -0.39 is 15.4 Å². The smallest absolute Gasteiger partial charge is 0.261 e. The zero-order valence-corrected chi connectivity index (χ0v) is 20.4. The SMILES string of the molecule is O=C(NC[C@H]1CCCO1)C1(c2ccc(NS(=O)(=O)c3ccc(C4CCCCC4)cc3)cc2)CC1. The fraction of sp³-hybridized carbons (Fsp3) is 0.519. The molecule has 182 valence electrons. The molecule has 2 saturated carbocycles. The van der Waals surface area contributed by atoms with Crippen molar-refractivity contribution in [1.29, 1.82) is 0 Å². The number of nitrogens with one attached hydrogen (secondary N) is 2. The molecule has 1 heterocycles. The molecule has 2 aromatic carbocycles. The van der Waals surface area contributed by atoms with E-state index in [9.17, 15) is 13.2 Å². The quantitative estimate of drug-likeness (QED) is 0.563. The predicted molar refractivity (Wildman–Crippen MR) is 132 cm³/mol. The van der Waals surface area contributed by atoms with Gasteiger partial charge in [-0.15, -0.1) is 0 Å². The van der Waals surface area contributed by atoms with Gasteiger partial charge in [-0.25, -0.2) is 8.42 Å². The molecule has 7 heteroatoms. The molecule has 6 nitrogen and oxygen atoms in total. The second-order valence-corrected chi connectivity index (χ2v) is 11.7. The van der Waals surface area contributed by atoms with E-state index in [1.807, 2.05) is 24.3 Å². The van der Waals surface area contributed by atoms with E-state index in [1.165, 1.54) is 37.7 Å². The van der Waals surface area contributed by atoms with Gasteiger partial charge in [0.2, 0.25) is 5.91 Å². The third kappa shape index (κ3) is 5.01. The maximum atomic E-state index is 12.9. The van der Waals surface area contributed by atoms with Crippen molar-refractivity contribution >= 4 is 21.6 Å². The van der Waals surface area contributed by atoms with Crippen LogP contribution in [0.1, 0.15) is 74.8 Å². The molecule has 3 aliphatic rings. The second-order valence-electron chi connectivity index (χ2n) is 10.0. The topological polar surface area (TPSA) is 84.5 Å². The van der Waals surface area contributed by atoms with Crippen LogP contribution in [0.15, 0.2) is 53.4 Å². The summed E-state index contributed by atoms with van der Waals surface area (Å²) < 4.78 is 34.1. The lowest BCUT2D eigenvalue weighted by Crippen LogP contribution is -2.39. The molecular weight excluding hydrogens is 448 g/mol. The summed E-state index contributed by atoms with van der Waals surface area (Å²) in [7, 11) is -3.67. The summed E-state index contributed by atoms with van der Waals surface area (Å²) >= 11 is 0. The van der Waals surface area contributed by atoms with Gasteiger partial charge in [0.1, 0.15) is 0 Å². The van der Waals surface area contributed by atoms with Crippen LogP contribution in [0.25, 0.3) is 0 Å². The first-order chi connectivity index (χ1) is 16.5. The van der Waals surface area contributed by atoms with E-state index in [4.69, 9.17) is 4.74 Å². The highest BCUT2D eigenvalue weighted by Gasteiger charge is 2.51. The van der Waals surface area contributed by atoms with Gasteiger partial charge in [0.15, 0.2) is 0 Å². The van der Waals surface area contributed by atoms with Crippen molar-refractivity contribution in [2.24, 2.45) is 0 Å². The van der Waals surface area contributed by atoms with Gasteiger partial charge in [-0.1, -0.05) is 43.5 Å². The normalized spacial score (nSPS) is 22.3. The average Bonchev–Trinajstić information content (AvgIpc) is 3.51. The summed E-state index contributed by atoms with van der Waals surface area (Å²) in [5.74, 6) is 0.582. The summed E-state index contributed by atoms with van der Waals surface area (Å²) in [5.41, 5.74) is 2.16. The number of carbonyl (C=O) groups excluding carboxylic acids is 1. The first-order valence-electron chi connectivity index (χ1n) is 12.6. The van der Waals surface area contributed by atoms with E-state index in [-0.39, 0.29) is 16.9 Å². The number of amides is 1. The van der Waals surface area contributed by atoms with Crippen LogP contribution in [-0.4, -0.2) is 33.6 Å². The van der Waals surface area contributed by atoms with Crippen LogP contribution in [0.5, 0.6) is 0 Å². The second kappa shape index (κ2) is 9.70. The van der Waals surface area contributed by atoms with Gasteiger partial charge in [0, 0.05) is 18.8 Å². The fourth-order valence-electron chi connectivity index (χ4n) is 5.38. The zero-order valence-electron chi connectivity index (χ0n) is 19.6. The Labute approximate surface area is 202 Å². The Balaban J connectivity index is 1.21. The summed E-state index contributed by atoms with van der Waals surface area (Å²) in [5, 5.41) is 3.05. The largest absolute Gasteiger partial charge is 0.376 e. The molecule has 0 aromatic heterocycles. The molecule has 2 aromatic rings. The molecule has 3 fully saturated rings. The van der Waals surface area contributed by atoms with E-state index in [0.717, 1.165) is 37.9 Å². The Morgan fingerprint density at radius 3 is 2.24 bits per heavy atom. The molecular formula is C27H34N2O4S. The van der Waals surface area contributed by atoms with Gasteiger partial charge in [-0.3, -0.25) is 9.52 Å². The summed E-state index contributed by atoms with van der Waals surface area (Å²) in [6, 6.07) is 14.6. The zero-order chi connectivity index (χ0) is 23.6. The van der Waals surface area contributed by atoms with Gasteiger partial charge in [0.25, 0.3) is 10.0 Å². The highest BCUT2D eigenvalue weighted by atomic mass is 32.2. The van der Waals surface area contributed by atoms with E-state index in [0.29, 0.717) is 18.2 Å². The van der Waals surface area contributed by atoms with Crippen molar-refractivity contribution < 1.29 is 17.9 Å². The molecule has 0 spiro atoms. The lowest BCUT2D eigenvalue weighted by atomic mass is 9.84. The number of ether oxygens (including phenoxy) is 1. The minimum absolute atomic E-state index is 0.0365. The number of hydrogen-bond donors (Lipinski definition) is 2. The average molecular weight is 483 g/mol. The Morgan fingerprint density at radius 2 is 1.62 bits per heavy atom. The Kier molecular flexibility index (Phi) is 6.67. The molecule has 1 aliphatic heterocycles. The molecule has 1 saturated heterocycles. The van der Waals surface area contributed by atoms with Crippen LogP contribution in [0, 0.1) is 0 Å². The van der Waals surface area contributed by atoms with Gasteiger partial charge in [-0.05, 0) is 79.8 Å². The molecule has 0 unspecified atom stereocenters. The molecule has 1 amide bonds. The maximum Gasteiger partial charge on any atom is 0.261 e. The number of rotatable bonds is 8. The van der Waals surface area contributed by atoms with Crippen molar-refractivity contribution in [2.45, 2.75) is 80.1 Å². The van der Waals surface area contributed by atoms with Gasteiger partial charge in [-0.2, -0.15) is 0 Å². The van der Waals surface area contributed by atoms with Crippen LogP contribution in [0.3, 0.4) is 0 Å². The third-order valence-corrected chi connectivity index (χ3v) is 9.05. The van der Waals surface area contributed by atoms with Crippen LogP contribution >= 0.6 is 0 Å². The molecule has 5 rings (SSSR count). The summed E-state index contributed by atoms with van der Waals surface area (Å²) in [6.45, 7) is 1.33. The number of carbonyl (C=O) groups is 1. The number of sulfonamides is 1. The molecule has 1 atom stereocenters. The van der Waals surface area contributed by atoms with Gasteiger partial charge < -0.3 is 10.1 Å². The Morgan fingerprint density at radius 1 is 0.912 bits per heavy atom. The Hall–Kier alpha value is -2.38. The van der Waals surface area contributed by atoms with Crippen LogP contribution in [0.4, 0.5) is 5.69 Å². The number of benzene rings is 2. The minimum atomic E-state index is -3.67. The van der Waals surface area contributed by atoms with Crippen molar-refractivity contribution in [2.75, 3.05) is 17.9 Å². The highest BCUT2D eigenvalue weighted by molar-refractivity contribution is 7.92. The van der Waals surface area contributed by atoms with E-state index >= 15 is 0 Å². The predicted octanol–water partition coefficient (Wildman–Crippen LogP) is 4.86. The van der Waals surface area contributed by atoms with Crippen LogP contribution in [0.2, 0.25) is 0 Å². The van der Waals surface area contributed by atoms with Gasteiger partial charge >= 0.3 is 0 Å². The maximum absolute atomic E-state index is 12.9. The molecule has 0 radical (unpaired) electrons. The molecule has 34 heavy (non-hydrogen) atoms. The van der Waals surface area contributed by atoms with Crippen molar-refractivity contribution in [3.8, 4) is 0 Å². The first-order valence-corrected chi connectivity index (χ1v) is 14.1. The summed E-state index contributed by atoms with van der Waals surface area (Å²) in [4.78, 5) is 13.1. The third-order valence-electron chi connectivity index (χ3n) is 7.66. The highest BCUT2D eigenvalue weighted by Crippen LogP contribution is 2.48. The van der Waals surface area contributed by atoms with Crippen molar-refractivity contribution in [1.82, 2.24) is 5.32 Å². The number of hydrogen-bond acceptors (Lipinski definition) is 4. The van der Waals surface area contributed by atoms with Crippen molar-refractivity contribution in [3.05, 3.63) is 59.7 Å². The lowest BCUT2D eigenvalue weighted by Gasteiger charge is -2.22. The first kappa shape index (κ1) is 23.4. The summed E-state index contributed by atoms with van der Waals surface area (Å²) in [6.07, 6.45) is 9.95. The van der Waals surface area contributed by atoms with Crippen molar-refractivity contribution in [3.63, 3.8) is 0 Å². The van der Waals surface area contributed by atoms with E-state index in [1.54, 1.807) is 24.3 Å². The molecule has 2 aliphatic carbocycles. The monoisotopic (exact) mass is 482 g/mol. The lowest BCUT2D eigenvalue weighted by molar-refractivity contribution is -0.124.